The average molecular weight is 548 g/mol. The lowest BCUT2D eigenvalue weighted by Gasteiger charge is -2.10. The Morgan fingerprint density at radius 1 is 0.854 bits per heavy atom. The van der Waals surface area contributed by atoms with Gasteiger partial charge in [0.25, 0.3) is 5.56 Å². The second-order valence-electron chi connectivity index (χ2n) is 9.48. The summed E-state index contributed by atoms with van der Waals surface area (Å²) in [5.41, 5.74) is 5.31. The summed E-state index contributed by atoms with van der Waals surface area (Å²) in [4.78, 5) is 38.0. The number of rotatable bonds is 7. The molecule has 41 heavy (non-hydrogen) atoms. The van der Waals surface area contributed by atoms with Gasteiger partial charge in [-0.2, -0.15) is 5.10 Å². The van der Waals surface area contributed by atoms with Crippen molar-refractivity contribution in [1.29, 1.82) is 0 Å². The van der Waals surface area contributed by atoms with Crippen molar-refractivity contribution in [2.24, 2.45) is 12.1 Å². The minimum Gasteiger partial charge on any atom is -0.489 e. The number of ether oxygens (including phenoxy) is 1. The lowest BCUT2D eigenvalue weighted by molar-refractivity contribution is -0.136. The van der Waals surface area contributed by atoms with E-state index in [9.17, 15) is 14.4 Å². The zero-order valence-corrected chi connectivity index (χ0v) is 22.9. The summed E-state index contributed by atoms with van der Waals surface area (Å²) in [6, 6.07) is 30.6. The van der Waals surface area contributed by atoms with E-state index >= 15 is 0 Å². The summed E-state index contributed by atoms with van der Waals surface area (Å²) in [7, 11) is 1.70. The van der Waals surface area contributed by atoms with Crippen molar-refractivity contribution in [2.75, 3.05) is 5.32 Å². The second-order valence-corrected chi connectivity index (χ2v) is 9.48. The molecule has 0 aliphatic heterocycles. The number of amides is 2. The minimum absolute atomic E-state index is 0.0243. The quantitative estimate of drug-likeness (QED) is 0.175. The third kappa shape index (κ3) is 5.79. The zero-order valence-electron chi connectivity index (χ0n) is 22.9. The number of nitrogens with zero attached hydrogens (tertiary/aromatic N) is 3. The van der Waals surface area contributed by atoms with Gasteiger partial charge in [0.1, 0.15) is 18.0 Å². The molecule has 1 aromatic heterocycles. The Morgan fingerprint density at radius 2 is 1.54 bits per heavy atom. The van der Waals surface area contributed by atoms with Crippen LogP contribution in [0.3, 0.4) is 0 Å². The Labute approximate surface area is 236 Å². The Bertz CT molecular complexity index is 1810. The van der Waals surface area contributed by atoms with Gasteiger partial charge in [-0.15, -0.1) is 0 Å². The number of anilines is 1. The van der Waals surface area contributed by atoms with Gasteiger partial charge in [0.2, 0.25) is 0 Å². The van der Waals surface area contributed by atoms with Gasteiger partial charge in [0, 0.05) is 7.05 Å². The summed E-state index contributed by atoms with van der Waals surface area (Å²) < 4.78 is 9.02. The van der Waals surface area contributed by atoms with Crippen molar-refractivity contribution in [1.82, 2.24) is 14.8 Å². The predicted molar refractivity (Wildman–Crippen MR) is 159 cm³/mol. The summed E-state index contributed by atoms with van der Waals surface area (Å²) in [5, 5.41) is 8.80. The van der Waals surface area contributed by atoms with Crippen LogP contribution in [-0.4, -0.2) is 26.9 Å². The topological polar surface area (TPSA) is 107 Å². The van der Waals surface area contributed by atoms with Crippen LogP contribution in [0.5, 0.6) is 5.75 Å². The highest BCUT2D eigenvalue weighted by molar-refractivity contribution is 6.39. The molecular formula is C32H29N5O4. The SMILES string of the molecule is C/C(=N\NC(=O)C(=O)Nc1c(C)n(C)n(-c2ccccc2)c1=O)c1ccc(OCc2cccc3ccccc23)cc1. The van der Waals surface area contributed by atoms with E-state index < -0.39 is 17.4 Å². The molecule has 0 atom stereocenters. The van der Waals surface area contributed by atoms with E-state index in [-0.39, 0.29) is 5.69 Å². The number of nitrogens with one attached hydrogen (secondary N) is 2. The van der Waals surface area contributed by atoms with Crippen LogP contribution in [0.2, 0.25) is 0 Å². The van der Waals surface area contributed by atoms with E-state index in [1.165, 1.54) is 4.68 Å². The van der Waals surface area contributed by atoms with E-state index in [4.69, 9.17) is 4.74 Å². The van der Waals surface area contributed by atoms with Gasteiger partial charge in [-0.25, -0.2) is 10.1 Å². The highest BCUT2D eigenvalue weighted by Crippen LogP contribution is 2.21. The van der Waals surface area contributed by atoms with Crippen molar-refractivity contribution in [3.8, 4) is 11.4 Å². The molecule has 2 amide bonds. The molecule has 0 saturated carbocycles. The zero-order chi connectivity index (χ0) is 28.9. The van der Waals surface area contributed by atoms with E-state index in [0.29, 0.717) is 29.4 Å². The molecule has 4 aromatic carbocycles. The second kappa shape index (κ2) is 11.7. The van der Waals surface area contributed by atoms with Crippen molar-refractivity contribution < 1.29 is 14.3 Å². The minimum atomic E-state index is -0.996. The number of hydrazone groups is 1. The Hall–Kier alpha value is -5.44. The Morgan fingerprint density at radius 3 is 2.29 bits per heavy atom. The molecule has 206 valence electrons. The summed E-state index contributed by atoms with van der Waals surface area (Å²) in [6.07, 6.45) is 0. The first kappa shape index (κ1) is 27.1. The van der Waals surface area contributed by atoms with E-state index in [2.05, 4.69) is 34.0 Å². The Balaban J connectivity index is 1.20. The largest absolute Gasteiger partial charge is 0.489 e. The highest BCUT2D eigenvalue weighted by atomic mass is 16.5. The van der Waals surface area contributed by atoms with Crippen LogP contribution in [0.25, 0.3) is 16.5 Å². The number of hydrogen-bond donors (Lipinski definition) is 2. The molecule has 0 aliphatic rings. The first-order valence-electron chi connectivity index (χ1n) is 13.0. The van der Waals surface area contributed by atoms with Crippen molar-refractivity contribution in [2.45, 2.75) is 20.5 Å². The molecule has 0 saturated heterocycles. The van der Waals surface area contributed by atoms with Crippen LogP contribution in [0.15, 0.2) is 107 Å². The molecule has 9 nitrogen and oxygen atoms in total. The molecule has 0 fully saturated rings. The number of hydrogen-bond acceptors (Lipinski definition) is 5. The number of benzene rings is 4. The van der Waals surface area contributed by atoms with Crippen molar-refractivity contribution in [3.05, 3.63) is 124 Å². The van der Waals surface area contributed by atoms with Gasteiger partial charge in [0.05, 0.1) is 17.1 Å². The van der Waals surface area contributed by atoms with E-state index in [1.807, 2.05) is 66.7 Å². The van der Waals surface area contributed by atoms with Gasteiger partial charge >= 0.3 is 11.8 Å². The number of carbonyl (C=O) groups excluding carboxylic acids is 2. The van der Waals surface area contributed by atoms with E-state index in [0.717, 1.165) is 21.9 Å². The summed E-state index contributed by atoms with van der Waals surface area (Å²) in [5.74, 6) is -1.30. The smallest absolute Gasteiger partial charge is 0.329 e. The lowest BCUT2D eigenvalue weighted by Crippen LogP contribution is -2.34. The maximum absolute atomic E-state index is 13.0. The number of aromatic nitrogens is 2. The fourth-order valence-corrected chi connectivity index (χ4v) is 4.50. The third-order valence-electron chi connectivity index (χ3n) is 6.87. The monoisotopic (exact) mass is 547 g/mol. The average Bonchev–Trinajstić information content (AvgIpc) is 3.21. The van der Waals surface area contributed by atoms with E-state index in [1.54, 1.807) is 37.7 Å². The molecule has 1 heterocycles. The van der Waals surface area contributed by atoms with Gasteiger partial charge in [-0.1, -0.05) is 60.7 Å². The maximum atomic E-state index is 13.0. The molecular weight excluding hydrogens is 518 g/mol. The highest BCUT2D eigenvalue weighted by Gasteiger charge is 2.21. The molecule has 5 rings (SSSR count). The van der Waals surface area contributed by atoms with Crippen LogP contribution in [0.1, 0.15) is 23.7 Å². The van der Waals surface area contributed by atoms with Gasteiger partial charge < -0.3 is 10.1 Å². The molecule has 0 radical (unpaired) electrons. The first-order chi connectivity index (χ1) is 19.8. The lowest BCUT2D eigenvalue weighted by atomic mass is 10.1. The first-order valence-corrected chi connectivity index (χ1v) is 13.0. The Kier molecular flexibility index (Phi) is 7.78. The third-order valence-corrected chi connectivity index (χ3v) is 6.87. The molecule has 0 bridgehead atoms. The van der Waals surface area contributed by atoms with Crippen molar-refractivity contribution >= 4 is 34.0 Å². The van der Waals surface area contributed by atoms with Gasteiger partial charge in [-0.05, 0) is 72.1 Å². The van der Waals surface area contributed by atoms with Crippen LogP contribution in [0.4, 0.5) is 5.69 Å². The summed E-state index contributed by atoms with van der Waals surface area (Å²) in [6.45, 7) is 3.83. The fourth-order valence-electron chi connectivity index (χ4n) is 4.50. The molecule has 2 N–H and O–H groups in total. The fraction of sp³-hybridized carbons (Fsp3) is 0.125. The molecule has 0 spiro atoms. The molecule has 5 aromatic rings. The van der Waals surface area contributed by atoms with Crippen LogP contribution in [-0.2, 0) is 23.2 Å². The van der Waals surface area contributed by atoms with Crippen LogP contribution >= 0.6 is 0 Å². The van der Waals surface area contributed by atoms with Crippen LogP contribution < -0.4 is 21.0 Å². The maximum Gasteiger partial charge on any atom is 0.329 e. The standard InChI is InChI=1S/C32H29N5O4/c1-21(23-16-18-27(19-17-23)41-20-25-12-9-11-24-10-7-8-15-28(24)25)34-35-31(39)30(38)33-29-22(2)36(3)37(32(29)40)26-13-5-4-6-14-26/h4-19H,20H2,1-3H3,(H,33,38)(H,35,39)/b34-21+. The number of para-hydroxylation sites is 1. The van der Waals surface area contributed by atoms with Crippen molar-refractivity contribution in [3.63, 3.8) is 0 Å². The molecule has 0 aliphatic carbocycles. The van der Waals surface area contributed by atoms with Gasteiger partial charge in [-0.3, -0.25) is 19.1 Å². The molecule has 0 unspecified atom stereocenters. The predicted octanol–water partition coefficient (Wildman–Crippen LogP) is 4.70. The molecule has 9 heteroatoms. The van der Waals surface area contributed by atoms with Gasteiger partial charge in [0.15, 0.2) is 0 Å². The number of carbonyl (C=O) groups is 2. The normalized spacial score (nSPS) is 11.3. The van der Waals surface area contributed by atoms with Crippen LogP contribution in [0, 0.1) is 6.92 Å². The summed E-state index contributed by atoms with van der Waals surface area (Å²) >= 11 is 0. The number of fused-ring (bicyclic) bond motifs is 1.